The highest BCUT2D eigenvalue weighted by atomic mass is 16.1. The number of hydrogen-bond acceptors (Lipinski definition) is 2. The van der Waals surface area contributed by atoms with Gasteiger partial charge in [0.2, 0.25) is 0 Å². The second-order valence-corrected chi connectivity index (χ2v) is 4.47. The summed E-state index contributed by atoms with van der Waals surface area (Å²) in [5.41, 5.74) is 8.90. The number of nitrogens with two attached hydrogens (primary N) is 1. The third-order valence-corrected chi connectivity index (χ3v) is 3.37. The fourth-order valence-electron chi connectivity index (χ4n) is 2.43. The van der Waals surface area contributed by atoms with E-state index in [9.17, 15) is 4.79 Å². The number of rotatable bonds is 1. The lowest BCUT2D eigenvalue weighted by Crippen LogP contribution is -2.41. The predicted molar refractivity (Wildman–Crippen MR) is 70.0 cm³/mol. The van der Waals surface area contributed by atoms with E-state index in [2.05, 4.69) is 5.32 Å². The molecule has 0 aromatic heterocycles. The summed E-state index contributed by atoms with van der Waals surface area (Å²) in [5, 5.41) is 2.97. The van der Waals surface area contributed by atoms with E-state index in [1.807, 2.05) is 54.6 Å². The van der Waals surface area contributed by atoms with Crippen molar-refractivity contribution in [3.63, 3.8) is 0 Å². The van der Waals surface area contributed by atoms with Gasteiger partial charge in [-0.2, -0.15) is 0 Å². The molecule has 2 aromatic carbocycles. The van der Waals surface area contributed by atoms with Gasteiger partial charge in [-0.25, -0.2) is 0 Å². The van der Waals surface area contributed by atoms with Crippen LogP contribution in [0.2, 0.25) is 0 Å². The van der Waals surface area contributed by atoms with Gasteiger partial charge in [0.15, 0.2) is 0 Å². The van der Waals surface area contributed by atoms with Crippen LogP contribution in [0.5, 0.6) is 0 Å². The number of amides is 1. The molecule has 3 rings (SSSR count). The van der Waals surface area contributed by atoms with Crippen molar-refractivity contribution in [2.45, 2.75) is 12.1 Å². The Bertz CT molecular complexity index is 580. The molecule has 0 unspecified atom stereocenters. The first-order valence-electron chi connectivity index (χ1n) is 5.97. The molecule has 0 saturated heterocycles. The first-order chi connectivity index (χ1) is 8.77. The molecule has 90 valence electrons. The minimum Gasteiger partial charge on any atom is -0.343 e. The van der Waals surface area contributed by atoms with Gasteiger partial charge in [-0.05, 0) is 17.2 Å². The molecule has 1 heterocycles. The summed E-state index contributed by atoms with van der Waals surface area (Å²) in [7, 11) is 0. The predicted octanol–water partition coefficient (Wildman–Crippen LogP) is 2.17. The van der Waals surface area contributed by atoms with Gasteiger partial charge in [0.1, 0.15) is 0 Å². The summed E-state index contributed by atoms with van der Waals surface area (Å²) in [6.45, 7) is 0. The third-order valence-electron chi connectivity index (χ3n) is 3.37. The Balaban J connectivity index is 2.05. The lowest BCUT2D eigenvalue weighted by molar-refractivity contribution is 0.0914. The number of nitrogens with one attached hydrogen (secondary N) is 1. The highest BCUT2D eigenvalue weighted by Gasteiger charge is 2.31. The van der Waals surface area contributed by atoms with E-state index in [-0.39, 0.29) is 18.0 Å². The molecule has 2 aromatic rings. The molecule has 3 nitrogen and oxygen atoms in total. The highest BCUT2D eigenvalue weighted by molar-refractivity contribution is 5.97. The molecular formula is C15H14N2O. The number of carbonyl (C=O) groups is 1. The average Bonchev–Trinajstić information content (AvgIpc) is 2.44. The van der Waals surface area contributed by atoms with Crippen molar-refractivity contribution < 1.29 is 4.79 Å². The van der Waals surface area contributed by atoms with E-state index in [0.717, 1.165) is 11.1 Å². The minimum atomic E-state index is -0.207. The van der Waals surface area contributed by atoms with Gasteiger partial charge < -0.3 is 11.1 Å². The van der Waals surface area contributed by atoms with Crippen molar-refractivity contribution in [3.05, 3.63) is 71.3 Å². The summed E-state index contributed by atoms with van der Waals surface area (Å²) in [4.78, 5) is 12.0. The zero-order valence-electron chi connectivity index (χ0n) is 9.84. The summed E-state index contributed by atoms with van der Waals surface area (Å²) >= 11 is 0. The third kappa shape index (κ3) is 1.69. The largest absolute Gasteiger partial charge is 0.343 e. The SMILES string of the molecule is N[C@H]1c2ccccc2C(=O)N[C@@H]1c1ccccc1. The van der Waals surface area contributed by atoms with E-state index >= 15 is 0 Å². The van der Waals surface area contributed by atoms with Crippen molar-refractivity contribution in [2.75, 3.05) is 0 Å². The quantitative estimate of drug-likeness (QED) is 0.800. The molecule has 0 bridgehead atoms. The van der Waals surface area contributed by atoms with Crippen LogP contribution in [0, 0.1) is 0 Å². The normalized spacial score (nSPS) is 22.2. The molecule has 0 radical (unpaired) electrons. The maximum Gasteiger partial charge on any atom is 0.252 e. The molecule has 3 heteroatoms. The van der Waals surface area contributed by atoms with Crippen LogP contribution < -0.4 is 11.1 Å². The number of carbonyl (C=O) groups excluding carboxylic acids is 1. The molecule has 3 N–H and O–H groups in total. The topological polar surface area (TPSA) is 55.1 Å². The van der Waals surface area contributed by atoms with Crippen LogP contribution >= 0.6 is 0 Å². The standard InChI is InChI=1S/C15H14N2O/c16-13-11-8-4-5-9-12(11)15(18)17-14(13)10-6-2-1-3-7-10/h1-9,13-14H,16H2,(H,17,18)/t13-,14+/m0/s1. The summed E-state index contributed by atoms with van der Waals surface area (Å²) in [6, 6.07) is 17.0. The second-order valence-electron chi connectivity index (χ2n) is 4.47. The summed E-state index contributed by atoms with van der Waals surface area (Å²) in [6.07, 6.45) is 0. The fourth-order valence-corrected chi connectivity index (χ4v) is 2.43. The van der Waals surface area contributed by atoms with E-state index < -0.39 is 0 Å². The van der Waals surface area contributed by atoms with Crippen LogP contribution in [0.15, 0.2) is 54.6 Å². The second kappa shape index (κ2) is 4.27. The van der Waals surface area contributed by atoms with Gasteiger partial charge in [0.05, 0.1) is 12.1 Å². The summed E-state index contributed by atoms with van der Waals surface area (Å²) < 4.78 is 0. The lowest BCUT2D eigenvalue weighted by atomic mass is 9.87. The smallest absolute Gasteiger partial charge is 0.252 e. The van der Waals surface area contributed by atoms with E-state index in [1.54, 1.807) is 0 Å². The molecule has 1 aliphatic rings. The molecule has 18 heavy (non-hydrogen) atoms. The van der Waals surface area contributed by atoms with Crippen LogP contribution in [-0.4, -0.2) is 5.91 Å². The maximum absolute atomic E-state index is 12.0. The van der Waals surface area contributed by atoms with Crippen LogP contribution in [-0.2, 0) is 0 Å². The van der Waals surface area contributed by atoms with Crippen molar-refractivity contribution in [3.8, 4) is 0 Å². The van der Waals surface area contributed by atoms with Gasteiger partial charge >= 0.3 is 0 Å². The molecule has 0 saturated carbocycles. The van der Waals surface area contributed by atoms with Crippen LogP contribution in [0.1, 0.15) is 33.6 Å². The maximum atomic E-state index is 12.0. The molecule has 1 amide bonds. The minimum absolute atomic E-state index is 0.0545. The van der Waals surface area contributed by atoms with Gasteiger partial charge in [0.25, 0.3) is 5.91 Å². The lowest BCUT2D eigenvalue weighted by Gasteiger charge is -2.31. The van der Waals surface area contributed by atoms with Crippen molar-refractivity contribution in [1.29, 1.82) is 0 Å². The average molecular weight is 238 g/mol. The Morgan fingerprint density at radius 2 is 1.61 bits per heavy atom. The molecule has 0 aliphatic carbocycles. The number of hydrogen-bond donors (Lipinski definition) is 2. The van der Waals surface area contributed by atoms with Gasteiger partial charge in [0, 0.05) is 5.56 Å². The van der Waals surface area contributed by atoms with Crippen molar-refractivity contribution >= 4 is 5.91 Å². The Morgan fingerprint density at radius 3 is 2.39 bits per heavy atom. The van der Waals surface area contributed by atoms with Crippen molar-refractivity contribution in [2.24, 2.45) is 5.73 Å². The highest BCUT2D eigenvalue weighted by Crippen LogP contribution is 2.32. The molecule has 1 aliphatic heterocycles. The number of fused-ring (bicyclic) bond motifs is 1. The monoisotopic (exact) mass is 238 g/mol. The van der Waals surface area contributed by atoms with Gasteiger partial charge in [-0.1, -0.05) is 48.5 Å². The Kier molecular flexibility index (Phi) is 2.61. The van der Waals surface area contributed by atoms with Crippen LogP contribution in [0.3, 0.4) is 0 Å². The molecule has 2 atom stereocenters. The summed E-state index contributed by atoms with van der Waals surface area (Å²) in [5.74, 6) is -0.0545. The van der Waals surface area contributed by atoms with E-state index in [0.29, 0.717) is 5.56 Å². The van der Waals surface area contributed by atoms with E-state index in [4.69, 9.17) is 5.73 Å². The molecule has 0 spiro atoms. The first kappa shape index (κ1) is 11.0. The Hall–Kier alpha value is -2.13. The van der Waals surface area contributed by atoms with Crippen molar-refractivity contribution in [1.82, 2.24) is 5.32 Å². The molecular weight excluding hydrogens is 224 g/mol. The van der Waals surface area contributed by atoms with E-state index in [1.165, 1.54) is 0 Å². The fraction of sp³-hybridized carbons (Fsp3) is 0.133. The molecule has 0 fully saturated rings. The van der Waals surface area contributed by atoms with Crippen LogP contribution in [0.4, 0.5) is 0 Å². The number of benzene rings is 2. The Labute approximate surface area is 106 Å². The Morgan fingerprint density at radius 1 is 0.944 bits per heavy atom. The first-order valence-corrected chi connectivity index (χ1v) is 5.97. The zero-order valence-corrected chi connectivity index (χ0v) is 9.84. The zero-order chi connectivity index (χ0) is 12.5. The van der Waals surface area contributed by atoms with Gasteiger partial charge in [-0.15, -0.1) is 0 Å². The van der Waals surface area contributed by atoms with Crippen LogP contribution in [0.25, 0.3) is 0 Å². The van der Waals surface area contributed by atoms with Gasteiger partial charge in [-0.3, -0.25) is 4.79 Å².